The van der Waals surface area contributed by atoms with Gasteiger partial charge in [0.1, 0.15) is 11.9 Å². The van der Waals surface area contributed by atoms with Crippen LogP contribution in [0.15, 0.2) is 24.3 Å². The summed E-state index contributed by atoms with van der Waals surface area (Å²) in [5.41, 5.74) is 4.22. The lowest BCUT2D eigenvalue weighted by Crippen LogP contribution is -2.37. The first-order valence-electron chi connectivity index (χ1n) is 8.68. The minimum absolute atomic E-state index is 0.00769. The maximum Gasteiger partial charge on any atom is 0.274 e. The molecule has 0 radical (unpaired) electrons. The van der Waals surface area contributed by atoms with Crippen LogP contribution in [0, 0.1) is 0 Å². The van der Waals surface area contributed by atoms with E-state index in [0.29, 0.717) is 12.2 Å². The van der Waals surface area contributed by atoms with E-state index in [4.69, 9.17) is 4.74 Å². The minimum Gasteiger partial charge on any atom is -0.488 e. The summed E-state index contributed by atoms with van der Waals surface area (Å²) in [6.45, 7) is 0.582. The second-order valence-electron chi connectivity index (χ2n) is 6.84. The van der Waals surface area contributed by atoms with Crippen molar-refractivity contribution in [1.82, 2.24) is 14.7 Å². The molecule has 1 aliphatic heterocycles. The molecule has 0 saturated carbocycles. The number of aromatic nitrogens is 2. The molecule has 5 nitrogen and oxygen atoms in total. The van der Waals surface area contributed by atoms with Gasteiger partial charge in [-0.2, -0.15) is 5.10 Å². The maximum absolute atomic E-state index is 12.9. The Morgan fingerprint density at radius 2 is 2.12 bits per heavy atom. The van der Waals surface area contributed by atoms with Gasteiger partial charge in [-0.05, 0) is 37.3 Å². The molecule has 2 aromatic rings. The van der Waals surface area contributed by atoms with Crippen molar-refractivity contribution in [2.24, 2.45) is 7.05 Å². The van der Waals surface area contributed by atoms with E-state index >= 15 is 0 Å². The number of hydrogen-bond donors (Lipinski definition) is 0. The van der Waals surface area contributed by atoms with Crippen LogP contribution < -0.4 is 4.74 Å². The number of likely N-dealkylation sites (N-methyl/N-ethyl adjacent to an activating group) is 1. The van der Waals surface area contributed by atoms with Gasteiger partial charge in [0.2, 0.25) is 0 Å². The van der Waals surface area contributed by atoms with Gasteiger partial charge in [0.25, 0.3) is 5.91 Å². The Balaban J connectivity index is 1.48. The third-order valence-electron chi connectivity index (χ3n) is 5.11. The Labute approximate surface area is 142 Å². The van der Waals surface area contributed by atoms with E-state index in [1.807, 2.05) is 37.0 Å². The molecule has 0 N–H and O–H groups in total. The van der Waals surface area contributed by atoms with Gasteiger partial charge in [-0.1, -0.05) is 18.2 Å². The monoisotopic (exact) mass is 325 g/mol. The second-order valence-corrected chi connectivity index (χ2v) is 6.84. The molecule has 1 aromatic heterocycles. The molecular weight excluding hydrogens is 302 g/mol. The lowest BCUT2D eigenvalue weighted by molar-refractivity contribution is 0.0723. The van der Waals surface area contributed by atoms with Crippen LogP contribution in [-0.2, 0) is 26.3 Å². The van der Waals surface area contributed by atoms with Gasteiger partial charge in [-0.3, -0.25) is 9.48 Å². The van der Waals surface area contributed by atoms with Crippen molar-refractivity contribution < 1.29 is 9.53 Å². The number of benzene rings is 1. The fraction of sp³-hybridized carbons (Fsp3) is 0.474. The summed E-state index contributed by atoms with van der Waals surface area (Å²) < 4.78 is 7.85. The molecule has 1 aromatic carbocycles. The predicted molar refractivity (Wildman–Crippen MR) is 91.4 cm³/mol. The number of carbonyl (C=O) groups excluding carboxylic acids is 1. The van der Waals surface area contributed by atoms with E-state index in [1.165, 1.54) is 17.7 Å². The van der Waals surface area contributed by atoms with Crippen LogP contribution in [0.25, 0.3) is 0 Å². The Bertz CT molecular complexity index is 756. The average molecular weight is 325 g/mol. The number of rotatable bonds is 3. The summed E-state index contributed by atoms with van der Waals surface area (Å²) in [6, 6.07) is 8.09. The van der Waals surface area contributed by atoms with Crippen molar-refractivity contribution in [3.8, 4) is 5.75 Å². The quantitative estimate of drug-likeness (QED) is 0.870. The summed E-state index contributed by atoms with van der Waals surface area (Å²) >= 11 is 0. The zero-order chi connectivity index (χ0) is 16.7. The molecule has 126 valence electrons. The highest BCUT2D eigenvalue weighted by molar-refractivity contribution is 5.94. The normalized spacial score (nSPS) is 18.7. The SMILES string of the molecule is CN(CC1Cc2ccccc2O1)C(=O)c1nn(C)c2c1CCCC2. The first kappa shape index (κ1) is 15.2. The van der Waals surface area contributed by atoms with Crippen LogP contribution in [0.5, 0.6) is 5.75 Å². The highest BCUT2D eigenvalue weighted by Gasteiger charge is 2.29. The first-order valence-corrected chi connectivity index (χ1v) is 8.68. The predicted octanol–water partition coefficient (Wildman–Crippen LogP) is 2.37. The number of hydrogen-bond acceptors (Lipinski definition) is 3. The van der Waals surface area contributed by atoms with Crippen molar-refractivity contribution in [3.05, 3.63) is 46.8 Å². The van der Waals surface area contributed by atoms with Gasteiger partial charge in [0.05, 0.1) is 6.54 Å². The highest BCUT2D eigenvalue weighted by Crippen LogP contribution is 2.29. The molecule has 4 rings (SSSR count). The standard InChI is InChI=1S/C19H23N3O2/c1-21(12-14-11-13-7-3-6-10-17(13)24-14)19(23)18-15-8-4-5-9-16(15)22(2)20-18/h3,6-7,10,14H,4-5,8-9,11-12H2,1-2H3. The Kier molecular flexibility index (Phi) is 3.79. The molecule has 0 spiro atoms. The molecule has 5 heteroatoms. The summed E-state index contributed by atoms with van der Waals surface area (Å²) in [5.74, 6) is 0.951. The van der Waals surface area contributed by atoms with E-state index in [1.54, 1.807) is 4.90 Å². The molecule has 0 bridgehead atoms. The summed E-state index contributed by atoms with van der Waals surface area (Å²) in [7, 11) is 3.79. The number of para-hydroxylation sites is 1. The smallest absolute Gasteiger partial charge is 0.274 e. The maximum atomic E-state index is 12.9. The van der Waals surface area contributed by atoms with Gasteiger partial charge < -0.3 is 9.64 Å². The van der Waals surface area contributed by atoms with Crippen LogP contribution in [0.1, 0.15) is 40.2 Å². The van der Waals surface area contributed by atoms with Crippen LogP contribution in [0.2, 0.25) is 0 Å². The molecule has 1 aliphatic carbocycles. The van der Waals surface area contributed by atoms with E-state index in [2.05, 4.69) is 11.2 Å². The molecule has 1 amide bonds. The van der Waals surface area contributed by atoms with Gasteiger partial charge in [-0.25, -0.2) is 0 Å². The number of fused-ring (bicyclic) bond motifs is 2. The number of amides is 1. The molecule has 2 aliphatic rings. The summed E-state index contributed by atoms with van der Waals surface area (Å²) in [6.07, 6.45) is 5.19. The average Bonchev–Trinajstić information content (AvgIpc) is 3.15. The van der Waals surface area contributed by atoms with Crippen molar-refractivity contribution in [1.29, 1.82) is 0 Å². The fourth-order valence-corrected chi connectivity index (χ4v) is 3.87. The van der Waals surface area contributed by atoms with Crippen LogP contribution in [0.4, 0.5) is 0 Å². The molecule has 1 atom stereocenters. The molecule has 24 heavy (non-hydrogen) atoms. The van der Waals surface area contributed by atoms with Crippen molar-refractivity contribution in [2.45, 2.75) is 38.2 Å². The molecule has 0 fully saturated rings. The lowest BCUT2D eigenvalue weighted by atomic mass is 9.95. The lowest BCUT2D eigenvalue weighted by Gasteiger charge is -2.21. The van der Waals surface area contributed by atoms with Crippen molar-refractivity contribution in [2.75, 3.05) is 13.6 Å². The number of nitrogens with zero attached hydrogens (tertiary/aromatic N) is 3. The summed E-state index contributed by atoms with van der Waals surface area (Å²) in [4.78, 5) is 14.6. The van der Waals surface area contributed by atoms with Crippen molar-refractivity contribution in [3.63, 3.8) is 0 Å². The largest absolute Gasteiger partial charge is 0.488 e. The Morgan fingerprint density at radius 3 is 2.96 bits per heavy atom. The molecule has 0 saturated heterocycles. The number of carbonyl (C=O) groups is 1. The zero-order valence-electron chi connectivity index (χ0n) is 14.3. The zero-order valence-corrected chi connectivity index (χ0v) is 14.3. The number of aryl methyl sites for hydroxylation is 1. The topological polar surface area (TPSA) is 47.4 Å². The van der Waals surface area contributed by atoms with Gasteiger partial charge in [0.15, 0.2) is 5.69 Å². The van der Waals surface area contributed by atoms with E-state index in [0.717, 1.165) is 37.0 Å². The molecule has 1 unspecified atom stereocenters. The molecular formula is C19H23N3O2. The highest BCUT2D eigenvalue weighted by atomic mass is 16.5. The van der Waals surface area contributed by atoms with Gasteiger partial charge >= 0.3 is 0 Å². The molecule has 2 heterocycles. The summed E-state index contributed by atoms with van der Waals surface area (Å²) in [5, 5.41) is 4.51. The third kappa shape index (κ3) is 2.58. The fourth-order valence-electron chi connectivity index (χ4n) is 3.87. The third-order valence-corrected chi connectivity index (χ3v) is 5.11. The number of ether oxygens (including phenoxy) is 1. The van der Waals surface area contributed by atoms with Gasteiger partial charge in [0, 0.05) is 31.8 Å². The first-order chi connectivity index (χ1) is 11.6. The Morgan fingerprint density at radius 1 is 1.33 bits per heavy atom. The van der Waals surface area contributed by atoms with Crippen molar-refractivity contribution >= 4 is 5.91 Å². The van der Waals surface area contributed by atoms with E-state index < -0.39 is 0 Å². The van der Waals surface area contributed by atoms with E-state index in [-0.39, 0.29) is 12.0 Å². The van der Waals surface area contributed by atoms with Crippen LogP contribution in [0.3, 0.4) is 0 Å². The van der Waals surface area contributed by atoms with Crippen LogP contribution in [-0.4, -0.2) is 40.3 Å². The van der Waals surface area contributed by atoms with Gasteiger partial charge in [-0.15, -0.1) is 0 Å². The van der Waals surface area contributed by atoms with Crippen LogP contribution >= 0.6 is 0 Å². The van der Waals surface area contributed by atoms with E-state index in [9.17, 15) is 4.79 Å². The second kappa shape index (κ2) is 5.96. The Hall–Kier alpha value is -2.30. The minimum atomic E-state index is 0.00769.